The van der Waals surface area contributed by atoms with Crippen LogP contribution in [0.1, 0.15) is 19.4 Å². The van der Waals surface area contributed by atoms with Crippen molar-refractivity contribution in [2.75, 3.05) is 13.7 Å². The Morgan fingerprint density at radius 3 is 2.93 bits per heavy atom. The van der Waals surface area contributed by atoms with Gasteiger partial charge in [0, 0.05) is 0 Å². The molecule has 0 radical (unpaired) electrons. The highest BCUT2D eigenvalue weighted by Crippen LogP contribution is 2.36. The zero-order valence-corrected chi connectivity index (χ0v) is 19.4. The van der Waals surface area contributed by atoms with E-state index in [1.54, 1.807) is 30.7 Å². The van der Waals surface area contributed by atoms with Crippen molar-refractivity contribution in [3.63, 3.8) is 0 Å². The second-order valence-corrected chi connectivity index (χ2v) is 9.38. The fourth-order valence-corrected chi connectivity index (χ4v) is 5.25. The highest BCUT2D eigenvalue weighted by atomic mass is 79.9. The molecule has 9 heteroatoms. The zero-order chi connectivity index (χ0) is 20.8. The topological polar surface area (TPSA) is 72.8 Å². The van der Waals surface area contributed by atoms with E-state index in [2.05, 4.69) is 31.4 Å². The SMILES string of the molecule is CCOc1c(Br)cc(/C=N/NC(=O)C(C)Sc2nc3ccccc3s2)cc1OC. The average molecular weight is 494 g/mol. The largest absolute Gasteiger partial charge is 0.493 e. The van der Waals surface area contributed by atoms with E-state index in [0.29, 0.717) is 18.1 Å². The van der Waals surface area contributed by atoms with Crippen LogP contribution in [0.5, 0.6) is 11.5 Å². The molecule has 0 aliphatic rings. The summed E-state index contributed by atoms with van der Waals surface area (Å²) in [7, 11) is 1.58. The molecular formula is C20H20BrN3O3S2. The summed E-state index contributed by atoms with van der Waals surface area (Å²) in [5.74, 6) is 1.04. The van der Waals surface area contributed by atoms with Crippen molar-refractivity contribution in [2.24, 2.45) is 5.10 Å². The van der Waals surface area contributed by atoms with E-state index >= 15 is 0 Å². The van der Waals surface area contributed by atoms with Gasteiger partial charge >= 0.3 is 0 Å². The molecule has 1 heterocycles. The van der Waals surface area contributed by atoms with E-state index in [0.717, 1.165) is 24.6 Å². The number of carbonyl (C=O) groups is 1. The fourth-order valence-electron chi connectivity index (χ4n) is 2.47. The number of nitrogens with one attached hydrogen (secondary N) is 1. The number of hydrazone groups is 1. The van der Waals surface area contributed by atoms with Gasteiger partial charge < -0.3 is 9.47 Å². The first-order chi connectivity index (χ1) is 14.0. The molecule has 29 heavy (non-hydrogen) atoms. The number of para-hydroxylation sites is 1. The Morgan fingerprint density at radius 1 is 1.41 bits per heavy atom. The van der Waals surface area contributed by atoms with Crippen molar-refractivity contribution in [2.45, 2.75) is 23.4 Å². The van der Waals surface area contributed by atoms with Crippen LogP contribution in [0.15, 0.2) is 50.3 Å². The minimum absolute atomic E-state index is 0.192. The number of aromatic nitrogens is 1. The van der Waals surface area contributed by atoms with Crippen molar-refractivity contribution in [3.05, 3.63) is 46.4 Å². The van der Waals surface area contributed by atoms with Crippen LogP contribution in [-0.4, -0.2) is 36.1 Å². The third-order valence-corrected chi connectivity index (χ3v) is 6.67. The molecular weight excluding hydrogens is 474 g/mol. The summed E-state index contributed by atoms with van der Waals surface area (Å²) in [5.41, 5.74) is 4.29. The third kappa shape index (κ3) is 5.49. The molecule has 1 atom stereocenters. The van der Waals surface area contributed by atoms with Crippen LogP contribution in [-0.2, 0) is 4.79 Å². The van der Waals surface area contributed by atoms with Crippen molar-refractivity contribution in [1.29, 1.82) is 0 Å². The number of carbonyl (C=O) groups excluding carboxylic acids is 1. The second-order valence-electron chi connectivity index (χ2n) is 5.91. The van der Waals surface area contributed by atoms with E-state index in [4.69, 9.17) is 9.47 Å². The van der Waals surface area contributed by atoms with E-state index in [9.17, 15) is 4.79 Å². The number of thioether (sulfide) groups is 1. The van der Waals surface area contributed by atoms with Crippen molar-refractivity contribution in [3.8, 4) is 11.5 Å². The summed E-state index contributed by atoms with van der Waals surface area (Å²) in [6, 6.07) is 11.6. The lowest BCUT2D eigenvalue weighted by molar-refractivity contribution is -0.120. The van der Waals surface area contributed by atoms with Gasteiger partial charge in [0.15, 0.2) is 15.8 Å². The molecule has 1 unspecified atom stereocenters. The van der Waals surface area contributed by atoms with Gasteiger partial charge in [-0.15, -0.1) is 11.3 Å². The van der Waals surface area contributed by atoms with Gasteiger partial charge in [-0.25, -0.2) is 10.4 Å². The van der Waals surface area contributed by atoms with Crippen molar-refractivity contribution >= 4 is 61.4 Å². The predicted octanol–water partition coefficient (Wildman–Crippen LogP) is 5.10. The van der Waals surface area contributed by atoms with Gasteiger partial charge in [-0.2, -0.15) is 5.10 Å². The van der Waals surface area contributed by atoms with Crippen LogP contribution in [0.4, 0.5) is 0 Å². The summed E-state index contributed by atoms with van der Waals surface area (Å²) < 4.78 is 13.7. The van der Waals surface area contributed by atoms with Gasteiger partial charge in [-0.05, 0) is 59.6 Å². The molecule has 3 rings (SSSR count). The number of ether oxygens (including phenoxy) is 2. The molecule has 0 aliphatic carbocycles. The molecule has 152 valence electrons. The van der Waals surface area contributed by atoms with Gasteiger partial charge in [0.05, 0.1) is 39.9 Å². The highest BCUT2D eigenvalue weighted by molar-refractivity contribution is 9.10. The fraction of sp³-hybridized carbons (Fsp3) is 0.250. The first-order valence-corrected chi connectivity index (χ1v) is 11.4. The average Bonchev–Trinajstić information content (AvgIpc) is 3.11. The Labute approximate surface area is 185 Å². The van der Waals surface area contributed by atoms with Crippen LogP contribution in [0.25, 0.3) is 10.2 Å². The monoisotopic (exact) mass is 493 g/mol. The van der Waals surface area contributed by atoms with Crippen LogP contribution >= 0.6 is 39.0 Å². The van der Waals surface area contributed by atoms with Gasteiger partial charge in [-0.1, -0.05) is 23.9 Å². The minimum Gasteiger partial charge on any atom is -0.493 e. The second kappa shape index (κ2) is 10.1. The lowest BCUT2D eigenvalue weighted by atomic mass is 10.2. The highest BCUT2D eigenvalue weighted by Gasteiger charge is 2.16. The molecule has 1 N–H and O–H groups in total. The van der Waals surface area contributed by atoms with Crippen LogP contribution in [0, 0.1) is 0 Å². The molecule has 1 amide bonds. The molecule has 0 saturated carbocycles. The quantitative estimate of drug-likeness (QED) is 0.268. The smallest absolute Gasteiger partial charge is 0.253 e. The Balaban J connectivity index is 1.62. The molecule has 0 aliphatic heterocycles. The van der Waals surface area contributed by atoms with Gasteiger partial charge in [0.25, 0.3) is 5.91 Å². The maximum atomic E-state index is 12.4. The number of amides is 1. The summed E-state index contributed by atoms with van der Waals surface area (Å²) >= 11 is 6.47. The van der Waals surface area contributed by atoms with E-state index in [-0.39, 0.29) is 11.2 Å². The number of methoxy groups -OCH3 is 1. The minimum atomic E-state index is -0.325. The molecule has 0 spiro atoms. The van der Waals surface area contributed by atoms with Gasteiger partial charge in [-0.3, -0.25) is 4.79 Å². The molecule has 0 saturated heterocycles. The van der Waals surface area contributed by atoms with Gasteiger partial charge in [0.1, 0.15) is 0 Å². The normalized spacial score (nSPS) is 12.3. The summed E-state index contributed by atoms with van der Waals surface area (Å²) in [6.45, 7) is 4.27. The van der Waals surface area contributed by atoms with E-state index < -0.39 is 0 Å². The zero-order valence-electron chi connectivity index (χ0n) is 16.1. The first-order valence-electron chi connectivity index (χ1n) is 8.87. The number of thiazole rings is 1. The number of fused-ring (bicyclic) bond motifs is 1. The molecule has 0 bridgehead atoms. The summed E-state index contributed by atoms with van der Waals surface area (Å²) in [6.07, 6.45) is 1.57. The number of halogens is 1. The molecule has 3 aromatic rings. The molecule has 1 aromatic heterocycles. The standard InChI is InChI=1S/C20H20BrN3O3S2/c1-4-27-18-14(21)9-13(10-16(18)26-3)11-22-24-19(25)12(2)28-20-23-15-7-5-6-8-17(15)29-20/h5-12H,4H2,1-3H3,(H,24,25)/b22-11+. The number of hydrogen-bond acceptors (Lipinski definition) is 7. The lowest BCUT2D eigenvalue weighted by Crippen LogP contribution is -2.26. The van der Waals surface area contributed by atoms with Crippen LogP contribution in [0.3, 0.4) is 0 Å². The number of nitrogens with zero attached hydrogens (tertiary/aromatic N) is 2. The summed E-state index contributed by atoms with van der Waals surface area (Å²) in [5, 5.41) is 3.74. The lowest BCUT2D eigenvalue weighted by Gasteiger charge is -2.12. The van der Waals surface area contributed by atoms with Crippen LogP contribution < -0.4 is 14.9 Å². The maximum absolute atomic E-state index is 12.4. The predicted molar refractivity (Wildman–Crippen MR) is 123 cm³/mol. The van der Waals surface area contributed by atoms with Crippen LogP contribution in [0.2, 0.25) is 0 Å². The third-order valence-electron chi connectivity index (χ3n) is 3.85. The summed E-state index contributed by atoms with van der Waals surface area (Å²) in [4.78, 5) is 16.9. The Bertz CT molecular complexity index is 1010. The first kappa shape index (κ1) is 21.6. The number of hydrogen-bond donors (Lipinski definition) is 1. The Morgan fingerprint density at radius 2 is 2.21 bits per heavy atom. The number of benzene rings is 2. The Kier molecular flexibility index (Phi) is 7.51. The number of rotatable bonds is 8. The van der Waals surface area contributed by atoms with Gasteiger partial charge in [0.2, 0.25) is 0 Å². The van der Waals surface area contributed by atoms with E-state index in [1.807, 2.05) is 44.2 Å². The Hall–Kier alpha value is -2.10. The molecule has 6 nitrogen and oxygen atoms in total. The maximum Gasteiger partial charge on any atom is 0.253 e. The van der Waals surface area contributed by atoms with Crippen molar-refractivity contribution < 1.29 is 14.3 Å². The van der Waals surface area contributed by atoms with E-state index in [1.165, 1.54) is 11.8 Å². The molecule has 2 aromatic carbocycles. The molecule has 0 fully saturated rings. The van der Waals surface area contributed by atoms with Crippen molar-refractivity contribution in [1.82, 2.24) is 10.4 Å².